The van der Waals surface area contributed by atoms with Gasteiger partial charge in [0.05, 0.1) is 30.0 Å². The molecule has 3 aliphatic heterocycles. The molecule has 0 aliphatic carbocycles. The van der Waals surface area contributed by atoms with Crippen LogP contribution in [0.2, 0.25) is 0 Å². The first-order valence-electron chi connectivity index (χ1n) is 19.5. The highest BCUT2D eigenvalue weighted by molar-refractivity contribution is 6.06. The van der Waals surface area contributed by atoms with E-state index in [0.717, 1.165) is 66.5 Å². The molecule has 11 heteroatoms. The standard InChI is InChI=1S/C44H48N6O5/c1-3-4-19-46(2)43(52)41-37-16-10-11-17-39(37)50(45-41)40-27-32-18-20-48(44(53)55-36-14-6-5-7-15-36)28-34(32)26-38(40)42(51)49-29-33-13-9-8-12-31(33)25-35(49)30-47-21-23-54-24-22-47/h5-17,26-27,35H,3-4,18-25,28-30H2,1-2H3/t35-/m0/s1. The van der Waals surface area contributed by atoms with Crippen molar-refractivity contribution in [1.29, 1.82) is 0 Å². The van der Waals surface area contributed by atoms with Crippen molar-refractivity contribution in [1.82, 2.24) is 29.4 Å². The number of morpholine rings is 1. The summed E-state index contributed by atoms with van der Waals surface area (Å²) in [4.78, 5) is 50.5. The average Bonchev–Trinajstić information content (AvgIpc) is 3.61. The lowest BCUT2D eigenvalue weighted by atomic mass is 9.91. The quantitative estimate of drug-likeness (QED) is 0.174. The molecule has 1 aromatic heterocycles. The number of amides is 3. The van der Waals surface area contributed by atoms with Gasteiger partial charge >= 0.3 is 6.09 Å². The molecule has 3 amide bonds. The highest BCUT2D eigenvalue weighted by Gasteiger charge is 2.35. The minimum atomic E-state index is -0.430. The molecule has 0 radical (unpaired) electrons. The molecule has 8 rings (SSSR count). The predicted molar refractivity (Wildman–Crippen MR) is 211 cm³/mol. The second-order valence-corrected chi connectivity index (χ2v) is 14.8. The second kappa shape index (κ2) is 16.1. The van der Waals surface area contributed by atoms with Crippen molar-refractivity contribution in [2.45, 2.75) is 51.7 Å². The molecule has 4 heterocycles. The van der Waals surface area contributed by atoms with Crippen molar-refractivity contribution in [2.75, 3.05) is 53.0 Å². The van der Waals surface area contributed by atoms with Gasteiger partial charge in [-0.1, -0.05) is 74.0 Å². The van der Waals surface area contributed by atoms with Gasteiger partial charge in [-0.15, -0.1) is 0 Å². The topological polar surface area (TPSA) is 100 Å². The van der Waals surface area contributed by atoms with Crippen molar-refractivity contribution in [3.05, 3.63) is 125 Å². The number of benzene rings is 4. The average molecular weight is 741 g/mol. The van der Waals surface area contributed by atoms with Crippen LogP contribution in [0.15, 0.2) is 91.0 Å². The molecule has 5 aromatic rings. The lowest BCUT2D eigenvalue weighted by Crippen LogP contribution is -2.52. The van der Waals surface area contributed by atoms with Gasteiger partial charge in [-0.3, -0.25) is 14.5 Å². The summed E-state index contributed by atoms with van der Waals surface area (Å²) in [6.07, 6.45) is 2.75. The monoisotopic (exact) mass is 740 g/mol. The summed E-state index contributed by atoms with van der Waals surface area (Å²) in [5.74, 6) is 0.222. The number of nitrogens with zero attached hydrogens (tertiary/aromatic N) is 6. The molecular weight excluding hydrogens is 693 g/mol. The Morgan fingerprint density at radius 1 is 0.855 bits per heavy atom. The molecule has 1 fully saturated rings. The Labute approximate surface area is 322 Å². The van der Waals surface area contributed by atoms with Crippen LogP contribution in [0.25, 0.3) is 16.6 Å². The zero-order valence-corrected chi connectivity index (χ0v) is 31.7. The van der Waals surface area contributed by atoms with Gasteiger partial charge < -0.3 is 24.2 Å². The molecule has 284 valence electrons. The normalized spacial score (nSPS) is 17.1. The number of hydrogen-bond donors (Lipinski definition) is 0. The molecule has 3 aliphatic rings. The van der Waals surface area contributed by atoms with Crippen molar-refractivity contribution in [2.24, 2.45) is 0 Å². The van der Waals surface area contributed by atoms with Crippen LogP contribution in [0.1, 0.15) is 62.9 Å². The van der Waals surface area contributed by atoms with Crippen LogP contribution >= 0.6 is 0 Å². The number of fused-ring (bicyclic) bond motifs is 3. The van der Waals surface area contributed by atoms with E-state index in [1.807, 2.05) is 72.6 Å². The van der Waals surface area contributed by atoms with Crippen LogP contribution in [0.3, 0.4) is 0 Å². The van der Waals surface area contributed by atoms with E-state index < -0.39 is 6.09 Å². The molecule has 4 aromatic carbocycles. The van der Waals surface area contributed by atoms with E-state index in [0.29, 0.717) is 68.5 Å². The molecule has 0 spiro atoms. The Morgan fingerprint density at radius 2 is 1.60 bits per heavy atom. The van der Waals surface area contributed by atoms with E-state index in [1.165, 1.54) is 5.56 Å². The number of aromatic nitrogens is 2. The number of unbranched alkanes of at least 4 members (excludes halogenated alkanes) is 1. The maximum Gasteiger partial charge on any atom is 0.415 e. The number of carbonyl (C=O) groups excluding carboxylic acids is 3. The number of ether oxygens (including phenoxy) is 2. The van der Waals surface area contributed by atoms with Crippen LogP contribution in [0.4, 0.5) is 4.79 Å². The van der Waals surface area contributed by atoms with E-state index >= 15 is 4.79 Å². The molecule has 11 nitrogen and oxygen atoms in total. The van der Waals surface area contributed by atoms with Gasteiger partial charge in [0, 0.05) is 64.3 Å². The summed E-state index contributed by atoms with van der Waals surface area (Å²) >= 11 is 0. The fourth-order valence-corrected chi connectivity index (χ4v) is 8.06. The molecule has 1 atom stereocenters. The SMILES string of the molecule is CCCCN(C)C(=O)c1nn(-c2cc3c(cc2C(=O)N2Cc4ccccc4C[C@H]2CN2CCOCC2)CN(C(=O)Oc2ccccc2)CC3)c2ccccc12. The van der Waals surface area contributed by atoms with Gasteiger partial charge in [-0.05, 0) is 71.8 Å². The number of rotatable bonds is 9. The largest absolute Gasteiger partial charge is 0.415 e. The molecule has 0 N–H and O–H groups in total. The van der Waals surface area contributed by atoms with Crippen LogP contribution in [-0.4, -0.2) is 106 Å². The van der Waals surface area contributed by atoms with Crippen molar-refractivity contribution in [3.63, 3.8) is 0 Å². The fourth-order valence-electron chi connectivity index (χ4n) is 8.06. The van der Waals surface area contributed by atoms with E-state index in [-0.39, 0.29) is 17.9 Å². The van der Waals surface area contributed by atoms with Crippen LogP contribution in [0, 0.1) is 0 Å². The van der Waals surface area contributed by atoms with Gasteiger partial charge in [0.15, 0.2) is 5.69 Å². The number of hydrogen-bond acceptors (Lipinski definition) is 7. The lowest BCUT2D eigenvalue weighted by molar-refractivity contribution is 0.0192. The summed E-state index contributed by atoms with van der Waals surface area (Å²) in [7, 11) is 1.82. The van der Waals surface area contributed by atoms with Gasteiger partial charge in [-0.2, -0.15) is 5.10 Å². The van der Waals surface area contributed by atoms with E-state index in [2.05, 4.69) is 30.0 Å². The Balaban J connectivity index is 1.22. The third kappa shape index (κ3) is 7.59. The van der Waals surface area contributed by atoms with E-state index in [1.54, 1.807) is 26.6 Å². The Morgan fingerprint density at radius 3 is 2.40 bits per heavy atom. The molecule has 0 saturated carbocycles. The van der Waals surface area contributed by atoms with E-state index in [4.69, 9.17) is 14.6 Å². The van der Waals surface area contributed by atoms with Crippen LogP contribution in [0.5, 0.6) is 5.75 Å². The summed E-state index contributed by atoms with van der Waals surface area (Å²) in [5, 5.41) is 5.75. The van der Waals surface area contributed by atoms with Gasteiger partial charge in [0.25, 0.3) is 11.8 Å². The molecule has 55 heavy (non-hydrogen) atoms. The minimum absolute atomic E-state index is 0.0690. The highest BCUT2D eigenvalue weighted by Crippen LogP contribution is 2.33. The summed E-state index contributed by atoms with van der Waals surface area (Å²) in [6, 6.07) is 29.1. The fraction of sp³-hybridized carbons (Fsp3) is 0.364. The van der Waals surface area contributed by atoms with Crippen LogP contribution in [-0.2, 0) is 30.7 Å². The molecule has 0 bridgehead atoms. The van der Waals surface area contributed by atoms with Crippen LogP contribution < -0.4 is 4.74 Å². The summed E-state index contributed by atoms with van der Waals surface area (Å²) in [5.41, 5.74) is 6.52. The lowest BCUT2D eigenvalue weighted by Gasteiger charge is -2.41. The smallest absolute Gasteiger partial charge is 0.410 e. The zero-order valence-electron chi connectivity index (χ0n) is 31.7. The third-order valence-corrected chi connectivity index (χ3v) is 11.2. The zero-order chi connectivity index (χ0) is 37.9. The maximum absolute atomic E-state index is 15.4. The van der Waals surface area contributed by atoms with Gasteiger partial charge in [-0.25, -0.2) is 9.48 Å². The van der Waals surface area contributed by atoms with Gasteiger partial charge in [0.2, 0.25) is 0 Å². The summed E-state index contributed by atoms with van der Waals surface area (Å²) < 4.78 is 13.2. The third-order valence-electron chi connectivity index (χ3n) is 11.2. The van der Waals surface area contributed by atoms with Gasteiger partial charge in [0.1, 0.15) is 5.75 Å². The first-order chi connectivity index (χ1) is 26.9. The molecular formula is C44H48N6O5. The first-order valence-corrected chi connectivity index (χ1v) is 19.5. The number of para-hydroxylation sites is 2. The first kappa shape index (κ1) is 36.5. The Kier molecular flexibility index (Phi) is 10.6. The highest BCUT2D eigenvalue weighted by atomic mass is 16.6. The summed E-state index contributed by atoms with van der Waals surface area (Å²) in [6.45, 7) is 7.70. The Hall–Kier alpha value is -5.52. The molecule has 0 unspecified atom stereocenters. The van der Waals surface area contributed by atoms with Crippen molar-refractivity contribution in [3.8, 4) is 11.4 Å². The maximum atomic E-state index is 15.4. The van der Waals surface area contributed by atoms with Crippen molar-refractivity contribution < 1.29 is 23.9 Å². The Bertz CT molecular complexity index is 2200. The predicted octanol–water partition coefficient (Wildman–Crippen LogP) is 6.35. The molecule has 1 saturated heterocycles. The van der Waals surface area contributed by atoms with Crippen molar-refractivity contribution >= 4 is 28.8 Å². The number of carbonyl (C=O) groups is 3. The minimum Gasteiger partial charge on any atom is -0.410 e. The van der Waals surface area contributed by atoms with E-state index in [9.17, 15) is 9.59 Å². The second-order valence-electron chi connectivity index (χ2n) is 14.8.